The Bertz CT molecular complexity index is 832. The molecule has 0 aromatic rings. The average Bonchev–Trinajstić information content (AvgIpc) is 3.08. The molecule has 5 heteroatoms. The van der Waals surface area contributed by atoms with Gasteiger partial charge in [-0.2, -0.15) is 0 Å². The summed E-state index contributed by atoms with van der Waals surface area (Å²) in [6, 6.07) is 0. The standard InChI is InChI=1S/C29H45NO4/c1-19-17-25-23-6-5-21-18-22(34-26(32)9-12-30-13-15-33-16-14-30)7-10-28(21,3)24(23)8-11-29(25,4)27(19)20(2)31/h5,19,22-25,27H,6-18H2,1-4H3/t19-,22?,23?,24?,25?,27?,28+,29+/m1/s1. The predicted octanol–water partition coefficient (Wildman–Crippen LogP) is 5.03. The van der Waals surface area contributed by atoms with Crippen LogP contribution in [-0.4, -0.2) is 55.6 Å². The molecule has 1 aliphatic heterocycles. The average molecular weight is 472 g/mol. The molecule has 190 valence electrons. The maximum atomic E-state index is 12.6. The first-order chi connectivity index (χ1) is 16.2. The fraction of sp³-hybridized carbons (Fsp3) is 0.862. The van der Waals surface area contributed by atoms with Gasteiger partial charge in [-0.25, -0.2) is 0 Å². The molecule has 0 spiro atoms. The highest BCUT2D eigenvalue weighted by Gasteiger charge is 2.61. The monoisotopic (exact) mass is 471 g/mol. The maximum absolute atomic E-state index is 12.6. The molecule has 0 amide bonds. The van der Waals surface area contributed by atoms with E-state index >= 15 is 0 Å². The number of ether oxygens (including phenoxy) is 2. The number of fused-ring (bicyclic) bond motifs is 5. The van der Waals surface area contributed by atoms with Crippen molar-refractivity contribution in [1.82, 2.24) is 4.90 Å². The van der Waals surface area contributed by atoms with Crippen LogP contribution in [0, 0.1) is 40.4 Å². The molecule has 3 saturated carbocycles. The SMILES string of the molecule is CC(=O)C1[C@H](C)CC2C3CC=C4CC(OC(=O)CCN5CCOCC5)CC[C@]4(C)C3CC[C@@]21C. The Kier molecular flexibility index (Phi) is 6.74. The van der Waals surface area contributed by atoms with E-state index in [9.17, 15) is 9.59 Å². The van der Waals surface area contributed by atoms with Gasteiger partial charge in [0.1, 0.15) is 11.9 Å². The molecule has 5 nitrogen and oxygen atoms in total. The van der Waals surface area contributed by atoms with Gasteiger partial charge in [-0.3, -0.25) is 14.5 Å². The zero-order valence-electron chi connectivity index (χ0n) is 21.8. The summed E-state index contributed by atoms with van der Waals surface area (Å²) in [6.07, 6.45) is 10.8. The van der Waals surface area contributed by atoms with Gasteiger partial charge in [-0.1, -0.05) is 32.4 Å². The lowest BCUT2D eigenvalue weighted by Crippen LogP contribution is -2.51. The Balaban J connectivity index is 1.22. The number of ketones is 1. The molecular weight excluding hydrogens is 426 g/mol. The number of rotatable bonds is 5. The quantitative estimate of drug-likeness (QED) is 0.416. The van der Waals surface area contributed by atoms with Gasteiger partial charge in [0.15, 0.2) is 0 Å². The maximum Gasteiger partial charge on any atom is 0.307 e. The lowest BCUT2D eigenvalue weighted by molar-refractivity contribution is -0.152. The molecule has 0 aromatic heterocycles. The fourth-order valence-corrected chi connectivity index (χ4v) is 9.28. The first-order valence-corrected chi connectivity index (χ1v) is 13.9. The Morgan fingerprint density at radius 3 is 2.65 bits per heavy atom. The molecule has 0 radical (unpaired) electrons. The van der Waals surface area contributed by atoms with E-state index in [1.165, 1.54) is 19.3 Å². The normalized spacial score (nSPS) is 44.4. The summed E-state index contributed by atoms with van der Waals surface area (Å²) in [7, 11) is 0. The van der Waals surface area contributed by atoms with Gasteiger partial charge < -0.3 is 9.47 Å². The van der Waals surface area contributed by atoms with Crippen LogP contribution in [0.5, 0.6) is 0 Å². The molecule has 0 aromatic carbocycles. The van der Waals surface area contributed by atoms with Crippen LogP contribution < -0.4 is 0 Å². The zero-order chi connectivity index (χ0) is 24.1. The fourth-order valence-electron chi connectivity index (χ4n) is 9.28. The molecule has 1 heterocycles. The van der Waals surface area contributed by atoms with E-state index in [1.54, 1.807) is 5.57 Å². The molecule has 5 aliphatic rings. The molecule has 34 heavy (non-hydrogen) atoms. The number of nitrogens with zero attached hydrogens (tertiary/aromatic N) is 1. The summed E-state index contributed by atoms with van der Waals surface area (Å²) in [5.74, 6) is 3.19. The van der Waals surface area contributed by atoms with Crippen LogP contribution in [-0.2, 0) is 19.1 Å². The van der Waals surface area contributed by atoms with Gasteiger partial charge in [-0.05, 0) is 80.0 Å². The van der Waals surface area contributed by atoms with E-state index in [0.717, 1.165) is 58.5 Å². The third-order valence-electron chi connectivity index (χ3n) is 10.9. The van der Waals surface area contributed by atoms with E-state index in [4.69, 9.17) is 9.47 Å². The van der Waals surface area contributed by atoms with E-state index < -0.39 is 0 Å². The van der Waals surface area contributed by atoms with Gasteiger partial charge in [0.05, 0.1) is 19.6 Å². The summed E-state index contributed by atoms with van der Waals surface area (Å²) >= 11 is 0. The number of morpholine rings is 1. The summed E-state index contributed by atoms with van der Waals surface area (Å²) in [5.41, 5.74) is 1.96. The van der Waals surface area contributed by atoms with Crippen molar-refractivity contribution in [2.75, 3.05) is 32.8 Å². The van der Waals surface area contributed by atoms with Gasteiger partial charge in [0, 0.05) is 32.0 Å². The van der Waals surface area contributed by atoms with Gasteiger partial charge in [0.2, 0.25) is 0 Å². The molecule has 1 saturated heterocycles. The van der Waals surface area contributed by atoms with Crippen molar-refractivity contribution in [3.8, 4) is 0 Å². The summed E-state index contributed by atoms with van der Waals surface area (Å²) < 4.78 is 11.4. The van der Waals surface area contributed by atoms with E-state index in [-0.39, 0.29) is 28.8 Å². The number of carbonyl (C=O) groups excluding carboxylic acids is 2. The molecule has 4 fully saturated rings. The number of hydrogen-bond donors (Lipinski definition) is 0. The van der Waals surface area contributed by atoms with Crippen molar-refractivity contribution in [2.45, 2.75) is 85.2 Å². The lowest BCUT2D eigenvalue weighted by Gasteiger charge is -2.58. The second kappa shape index (κ2) is 9.35. The molecule has 8 atom stereocenters. The topological polar surface area (TPSA) is 55.8 Å². The van der Waals surface area contributed by atoms with Crippen LogP contribution in [0.15, 0.2) is 11.6 Å². The van der Waals surface area contributed by atoms with Crippen molar-refractivity contribution in [1.29, 1.82) is 0 Å². The molecule has 0 bridgehead atoms. The predicted molar refractivity (Wildman–Crippen MR) is 132 cm³/mol. The van der Waals surface area contributed by atoms with Crippen LogP contribution in [0.25, 0.3) is 0 Å². The highest BCUT2D eigenvalue weighted by molar-refractivity contribution is 5.80. The highest BCUT2D eigenvalue weighted by Crippen LogP contribution is 2.67. The van der Waals surface area contributed by atoms with Crippen LogP contribution >= 0.6 is 0 Å². The minimum Gasteiger partial charge on any atom is -0.462 e. The molecule has 0 N–H and O–H groups in total. The van der Waals surface area contributed by atoms with Crippen LogP contribution in [0.2, 0.25) is 0 Å². The van der Waals surface area contributed by atoms with E-state index in [2.05, 4.69) is 31.7 Å². The summed E-state index contributed by atoms with van der Waals surface area (Å²) in [6.45, 7) is 13.2. The number of esters is 1. The third-order valence-corrected chi connectivity index (χ3v) is 10.9. The Hall–Kier alpha value is -1.20. The Morgan fingerprint density at radius 2 is 1.91 bits per heavy atom. The number of carbonyl (C=O) groups is 2. The Morgan fingerprint density at radius 1 is 1.15 bits per heavy atom. The summed E-state index contributed by atoms with van der Waals surface area (Å²) in [5, 5.41) is 0. The molecule has 5 rings (SSSR count). The first-order valence-electron chi connectivity index (χ1n) is 13.9. The zero-order valence-corrected chi connectivity index (χ0v) is 21.8. The van der Waals surface area contributed by atoms with Crippen molar-refractivity contribution in [3.05, 3.63) is 11.6 Å². The number of Topliss-reactive ketones (excluding diaryl/α,β-unsaturated/α-hetero) is 1. The van der Waals surface area contributed by atoms with Crippen molar-refractivity contribution in [3.63, 3.8) is 0 Å². The van der Waals surface area contributed by atoms with E-state index in [1.807, 2.05) is 6.92 Å². The van der Waals surface area contributed by atoms with Crippen molar-refractivity contribution < 1.29 is 19.1 Å². The number of allylic oxidation sites excluding steroid dienone is 1. The minimum atomic E-state index is -0.0435. The molecule has 4 aliphatic carbocycles. The third kappa shape index (κ3) is 4.19. The first kappa shape index (κ1) is 24.5. The highest BCUT2D eigenvalue weighted by atomic mass is 16.5. The van der Waals surface area contributed by atoms with Crippen LogP contribution in [0.1, 0.15) is 79.1 Å². The van der Waals surface area contributed by atoms with Crippen LogP contribution in [0.3, 0.4) is 0 Å². The second-order valence-corrected chi connectivity index (χ2v) is 12.7. The lowest BCUT2D eigenvalue weighted by atomic mass is 9.47. The van der Waals surface area contributed by atoms with Gasteiger partial charge >= 0.3 is 5.97 Å². The van der Waals surface area contributed by atoms with Crippen molar-refractivity contribution in [2.24, 2.45) is 40.4 Å². The minimum absolute atomic E-state index is 0.0375. The molecule has 5 unspecified atom stereocenters. The summed E-state index contributed by atoms with van der Waals surface area (Å²) in [4.78, 5) is 27.4. The van der Waals surface area contributed by atoms with Gasteiger partial charge in [-0.15, -0.1) is 0 Å². The Labute approximate surface area is 206 Å². The van der Waals surface area contributed by atoms with Gasteiger partial charge in [0.25, 0.3) is 0 Å². The smallest absolute Gasteiger partial charge is 0.307 e. The van der Waals surface area contributed by atoms with E-state index in [0.29, 0.717) is 35.9 Å². The van der Waals surface area contributed by atoms with Crippen LogP contribution in [0.4, 0.5) is 0 Å². The van der Waals surface area contributed by atoms with Crippen molar-refractivity contribution >= 4 is 11.8 Å². The molecular formula is C29H45NO4. The second-order valence-electron chi connectivity index (χ2n) is 12.7. The number of hydrogen-bond acceptors (Lipinski definition) is 5. The largest absolute Gasteiger partial charge is 0.462 e.